The van der Waals surface area contributed by atoms with Gasteiger partial charge in [0.2, 0.25) is 0 Å². The van der Waals surface area contributed by atoms with Crippen molar-refractivity contribution in [3.63, 3.8) is 0 Å². The minimum atomic E-state index is 0.157. The summed E-state index contributed by atoms with van der Waals surface area (Å²) in [5.41, 5.74) is 4.64. The first kappa shape index (κ1) is 15.2. The number of nitrogens with zero attached hydrogens (tertiary/aromatic N) is 3. The molecule has 1 saturated heterocycles. The van der Waals surface area contributed by atoms with Gasteiger partial charge >= 0.3 is 0 Å². The first-order valence-electron chi connectivity index (χ1n) is 7.89. The van der Waals surface area contributed by atoms with E-state index in [1.54, 1.807) is 0 Å². The SMILES string of the molecule is Cc1nn(C)c(C)c1[C@H]1OCC[C@H]1CNCc1ccccn1. The van der Waals surface area contributed by atoms with E-state index in [4.69, 9.17) is 4.74 Å². The molecule has 22 heavy (non-hydrogen) atoms. The molecule has 5 nitrogen and oxygen atoms in total. The monoisotopic (exact) mass is 300 g/mol. The van der Waals surface area contributed by atoms with Crippen LogP contribution in [0.4, 0.5) is 0 Å². The maximum Gasteiger partial charge on any atom is 0.0901 e. The van der Waals surface area contributed by atoms with Gasteiger partial charge in [-0.3, -0.25) is 9.67 Å². The summed E-state index contributed by atoms with van der Waals surface area (Å²) >= 11 is 0. The number of aryl methyl sites for hydroxylation is 2. The van der Waals surface area contributed by atoms with Crippen LogP contribution in [0.15, 0.2) is 24.4 Å². The fraction of sp³-hybridized carbons (Fsp3) is 0.529. The number of nitrogens with one attached hydrogen (secondary N) is 1. The van der Waals surface area contributed by atoms with Gasteiger partial charge in [0, 0.05) is 50.1 Å². The summed E-state index contributed by atoms with van der Waals surface area (Å²) in [6.45, 7) is 6.76. The van der Waals surface area contributed by atoms with Crippen molar-refractivity contribution in [3.05, 3.63) is 47.0 Å². The van der Waals surface area contributed by atoms with Crippen molar-refractivity contribution in [2.75, 3.05) is 13.2 Å². The van der Waals surface area contributed by atoms with E-state index in [0.29, 0.717) is 5.92 Å². The second kappa shape index (κ2) is 6.58. The molecule has 0 aliphatic carbocycles. The molecule has 5 heteroatoms. The molecule has 1 fully saturated rings. The maximum atomic E-state index is 6.02. The van der Waals surface area contributed by atoms with Crippen molar-refractivity contribution in [2.24, 2.45) is 13.0 Å². The Morgan fingerprint density at radius 1 is 1.36 bits per heavy atom. The van der Waals surface area contributed by atoms with E-state index in [1.807, 2.05) is 36.1 Å². The molecule has 0 bridgehead atoms. The van der Waals surface area contributed by atoms with Crippen LogP contribution < -0.4 is 5.32 Å². The second-order valence-electron chi connectivity index (χ2n) is 6.00. The van der Waals surface area contributed by atoms with Crippen molar-refractivity contribution in [1.29, 1.82) is 0 Å². The number of pyridine rings is 1. The smallest absolute Gasteiger partial charge is 0.0901 e. The Morgan fingerprint density at radius 2 is 2.23 bits per heavy atom. The van der Waals surface area contributed by atoms with Gasteiger partial charge in [0.25, 0.3) is 0 Å². The van der Waals surface area contributed by atoms with Crippen molar-refractivity contribution in [3.8, 4) is 0 Å². The lowest BCUT2D eigenvalue weighted by Crippen LogP contribution is -2.25. The molecular formula is C17H24N4O. The van der Waals surface area contributed by atoms with Crippen LogP contribution in [-0.4, -0.2) is 27.9 Å². The number of hydrogen-bond donors (Lipinski definition) is 1. The van der Waals surface area contributed by atoms with E-state index < -0.39 is 0 Å². The third-order valence-electron chi connectivity index (χ3n) is 4.50. The Morgan fingerprint density at radius 3 is 2.91 bits per heavy atom. The Labute approximate surface area is 131 Å². The molecule has 3 heterocycles. The van der Waals surface area contributed by atoms with Crippen LogP contribution in [-0.2, 0) is 18.3 Å². The van der Waals surface area contributed by atoms with E-state index in [1.165, 1.54) is 11.3 Å². The van der Waals surface area contributed by atoms with Crippen molar-refractivity contribution in [1.82, 2.24) is 20.1 Å². The normalized spacial score (nSPS) is 21.4. The van der Waals surface area contributed by atoms with Crippen LogP contribution >= 0.6 is 0 Å². The Hall–Kier alpha value is -1.72. The average Bonchev–Trinajstić information content (AvgIpc) is 3.05. The van der Waals surface area contributed by atoms with Gasteiger partial charge in [-0.15, -0.1) is 0 Å². The number of aromatic nitrogens is 3. The van der Waals surface area contributed by atoms with Gasteiger partial charge in [0.15, 0.2) is 0 Å². The van der Waals surface area contributed by atoms with Gasteiger partial charge in [0.05, 0.1) is 17.5 Å². The Bertz CT molecular complexity index is 623. The highest BCUT2D eigenvalue weighted by molar-refractivity contribution is 5.28. The Balaban J connectivity index is 1.63. The molecule has 0 amide bonds. The largest absolute Gasteiger partial charge is 0.373 e. The van der Waals surface area contributed by atoms with Crippen LogP contribution in [0.5, 0.6) is 0 Å². The lowest BCUT2D eigenvalue weighted by Gasteiger charge is -2.19. The van der Waals surface area contributed by atoms with E-state index in [2.05, 4.69) is 29.2 Å². The van der Waals surface area contributed by atoms with E-state index in [9.17, 15) is 0 Å². The molecule has 2 aromatic rings. The van der Waals surface area contributed by atoms with Crippen LogP contribution in [0.1, 0.15) is 35.2 Å². The second-order valence-corrected chi connectivity index (χ2v) is 6.00. The van der Waals surface area contributed by atoms with Crippen molar-refractivity contribution in [2.45, 2.75) is 32.9 Å². The Kier molecular flexibility index (Phi) is 4.55. The van der Waals surface area contributed by atoms with Gasteiger partial charge in [-0.05, 0) is 32.4 Å². The fourth-order valence-electron chi connectivity index (χ4n) is 3.25. The highest BCUT2D eigenvalue weighted by Crippen LogP contribution is 2.37. The zero-order valence-electron chi connectivity index (χ0n) is 13.5. The topological polar surface area (TPSA) is 52.0 Å². The number of rotatable bonds is 5. The molecule has 1 aliphatic rings. The minimum absolute atomic E-state index is 0.157. The van der Waals surface area contributed by atoms with Gasteiger partial charge in [-0.25, -0.2) is 0 Å². The molecule has 118 valence electrons. The molecule has 0 aromatic carbocycles. The summed E-state index contributed by atoms with van der Waals surface area (Å²) in [6.07, 6.45) is 3.08. The van der Waals surface area contributed by atoms with Gasteiger partial charge in [0.1, 0.15) is 0 Å². The highest BCUT2D eigenvalue weighted by atomic mass is 16.5. The molecule has 1 aliphatic heterocycles. The molecule has 0 saturated carbocycles. The van der Waals surface area contributed by atoms with E-state index in [0.717, 1.165) is 37.5 Å². The zero-order valence-corrected chi connectivity index (χ0v) is 13.5. The lowest BCUT2D eigenvalue weighted by atomic mass is 9.94. The van der Waals surface area contributed by atoms with Crippen molar-refractivity contribution < 1.29 is 4.74 Å². The van der Waals surface area contributed by atoms with Gasteiger partial charge in [-0.2, -0.15) is 5.10 Å². The molecule has 0 unspecified atom stereocenters. The number of hydrogen-bond acceptors (Lipinski definition) is 4. The van der Waals surface area contributed by atoms with Crippen LogP contribution in [0.3, 0.4) is 0 Å². The van der Waals surface area contributed by atoms with Gasteiger partial charge in [-0.1, -0.05) is 6.07 Å². The van der Waals surface area contributed by atoms with Crippen molar-refractivity contribution >= 4 is 0 Å². The highest BCUT2D eigenvalue weighted by Gasteiger charge is 2.33. The summed E-state index contributed by atoms with van der Waals surface area (Å²) in [4.78, 5) is 4.34. The summed E-state index contributed by atoms with van der Waals surface area (Å²) in [6, 6.07) is 6.01. The predicted molar refractivity (Wildman–Crippen MR) is 85.4 cm³/mol. The molecule has 0 radical (unpaired) electrons. The van der Waals surface area contributed by atoms with Crippen LogP contribution in [0.2, 0.25) is 0 Å². The third kappa shape index (κ3) is 3.05. The maximum absolute atomic E-state index is 6.02. The average molecular weight is 300 g/mol. The van der Waals surface area contributed by atoms with Crippen LogP contribution in [0.25, 0.3) is 0 Å². The quantitative estimate of drug-likeness (QED) is 0.920. The van der Waals surface area contributed by atoms with Gasteiger partial charge < -0.3 is 10.1 Å². The van der Waals surface area contributed by atoms with E-state index in [-0.39, 0.29) is 6.10 Å². The lowest BCUT2D eigenvalue weighted by molar-refractivity contribution is 0.0893. The first-order valence-corrected chi connectivity index (χ1v) is 7.89. The molecule has 3 rings (SSSR count). The molecule has 0 spiro atoms. The predicted octanol–water partition coefficient (Wildman–Crippen LogP) is 2.30. The van der Waals surface area contributed by atoms with E-state index >= 15 is 0 Å². The summed E-state index contributed by atoms with van der Waals surface area (Å²) in [5, 5.41) is 8.04. The molecular weight excluding hydrogens is 276 g/mol. The molecule has 2 atom stereocenters. The summed E-state index contributed by atoms with van der Waals surface area (Å²) in [5.74, 6) is 0.491. The molecule has 1 N–H and O–H groups in total. The minimum Gasteiger partial charge on any atom is -0.373 e. The molecule has 2 aromatic heterocycles. The fourth-order valence-corrected chi connectivity index (χ4v) is 3.25. The summed E-state index contributed by atoms with van der Waals surface area (Å²) in [7, 11) is 2.00. The zero-order chi connectivity index (χ0) is 15.5. The first-order chi connectivity index (χ1) is 10.7. The third-order valence-corrected chi connectivity index (χ3v) is 4.50. The van der Waals surface area contributed by atoms with Crippen LogP contribution in [0, 0.1) is 19.8 Å². The summed E-state index contributed by atoms with van der Waals surface area (Å²) < 4.78 is 7.97. The standard InChI is InChI=1S/C17H24N4O/c1-12-16(13(2)21(3)20-12)17-14(7-9-22-17)10-18-11-15-6-4-5-8-19-15/h4-6,8,14,17-18H,7,9-11H2,1-3H3/t14-,17-/m0/s1. The number of ether oxygens (including phenoxy) is 1.